The summed E-state index contributed by atoms with van der Waals surface area (Å²) in [5.74, 6) is -1.83. The van der Waals surface area contributed by atoms with E-state index in [1.54, 1.807) is 26.0 Å². The maximum Gasteiger partial charge on any atom is 0.325 e. The molecule has 10 heteroatoms. The van der Waals surface area contributed by atoms with Crippen molar-refractivity contribution in [3.8, 4) is 0 Å². The molecule has 0 aliphatic heterocycles. The summed E-state index contributed by atoms with van der Waals surface area (Å²) in [6, 6.07) is 12.8. The number of amides is 2. The number of hydrogen-bond donors (Lipinski definition) is 2. The smallest absolute Gasteiger partial charge is 0.325 e. The van der Waals surface area contributed by atoms with E-state index in [-0.39, 0.29) is 10.5 Å². The Balaban J connectivity index is 1.84. The number of ether oxygens (including phenoxy) is 1. The van der Waals surface area contributed by atoms with E-state index in [4.69, 9.17) is 4.74 Å². The van der Waals surface area contributed by atoms with Crippen LogP contribution < -0.4 is 10.6 Å². The molecule has 0 saturated heterocycles. The van der Waals surface area contributed by atoms with Crippen LogP contribution in [0.5, 0.6) is 0 Å². The average Bonchev–Trinajstić information content (AvgIpc) is 2.82. The summed E-state index contributed by atoms with van der Waals surface area (Å²) in [5.41, 5.74) is 1.80. The summed E-state index contributed by atoms with van der Waals surface area (Å²) in [5, 5.41) is 5.07. The van der Waals surface area contributed by atoms with Gasteiger partial charge < -0.3 is 15.4 Å². The van der Waals surface area contributed by atoms with Gasteiger partial charge in [0.05, 0.1) is 4.90 Å². The fourth-order valence-corrected chi connectivity index (χ4v) is 4.54. The Kier molecular flexibility index (Phi) is 9.56. The van der Waals surface area contributed by atoms with Crippen LogP contribution in [0, 0.1) is 0 Å². The topological polar surface area (TPSA) is 122 Å². The standard InChI is InChI=1S/C23H29N3O6S/c1-4-17-9-7-8-10-20(17)25-21(27)16-32-22(28)15-24-23(29)18-11-13-19(14-12-18)33(30,31)26(5-2)6-3/h7-14H,4-6,15-16H2,1-3H3,(H,24,29)(H,25,27). The first kappa shape index (κ1) is 26.0. The predicted octanol–water partition coefficient (Wildman–Crippen LogP) is 2.19. The van der Waals surface area contributed by atoms with Crippen molar-refractivity contribution in [2.75, 3.05) is 31.6 Å². The monoisotopic (exact) mass is 475 g/mol. The number of hydrogen-bond acceptors (Lipinski definition) is 6. The SMILES string of the molecule is CCc1ccccc1NC(=O)COC(=O)CNC(=O)c1ccc(S(=O)(=O)N(CC)CC)cc1. The molecule has 2 rings (SSSR count). The lowest BCUT2D eigenvalue weighted by Gasteiger charge is -2.18. The highest BCUT2D eigenvalue weighted by Gasteiger charge is 2.21. The van der Waals surface area contributed by atoms with Gasteiger partial charge in [0.25, 0.3) is 11.8 Å². The van der Waals surface area contributed by atoms with Gasteiger partial charge in [-0.2, -0.15) is 4.31 Å². The first-order valence-corrected chi connectivity index (χ1v) is 12.1. The van der Waals surface area contributed by atoms with Crippen LogP contribution in [0.1, 0.15) is 36.7 Å². The van der Waals surface area contributed by atoms with Crippen LogP contribution in [-0.4, -0.2) is 56.7 Å². The Labute approximate surface area is 194 Å². The second-order valence-electron chi connectivity index (χ2n) is 7.02. The summed E-state index contributed by atoms with van der Waals surface area (Å²) >= 11 is 0. The van der Waals surface area contributed by atoms with E-state index in [0.717, 1.165) is 12.0 Å². The fraction of sp³-hybridized carbons (Fsp3) is 0.348. The van der Waals surface area contributed by atoms with E-state index < -0.39 is 41.0 Å². The fourth-order valence-electron chi connectivity index (χ4n) is 3.08. The molecule has 0 spiro atoms. The summed E-state index contributed by atoms with van der Waals surface area (Å²) in [7, 11) is -3.62. The van der Waals surface area contributed by atoms with Crippen LogP contribution in [0.25, 0.3) is 0 Å². The number of esters is 1. The Morgan fingerprint density at radius 3 is 2.18 bits per heavy atom. The van der Waals surface area contributed by atoms with Crippen LogP contribution >= 0.6 is 0 Å². The number of carbonyl (C=O) groups excluding carboxylic acids is 3. The Hall–Kier alpha value is -3.24. The first-order chi connectivity index (χ1) is 15.7. The number of nitrogens with one attached hydrogen (secondary N) is 2. The highest BCUT2D eigenvalue weighted by molar-refractivity contribution is 7.89. The molecule has 0 radical (unpaired) electrons. The van der Waals surface area contributed by atoms with E-state index in [9.17, 15) is 22.8 Å². The number of rotatable bonds is 11. The summed E-state index contributed by atoms with van der Waals surface area (Å²) in [6.07, 6.45) is 0.741. The molecule has 178 valence electrons. The van der Waals surface area contributed by atoms with Crippen molar-refractivity contribution in [3.63, 3.8) is 0 Å². The summed E-state index contributed by atoms with van der Waals surface area (Å²) in [6.45, 7) is 5.22. The highest BCUT2D eigenvalue weighted by Crippen LogP contribution is 2.16. The molecular formula is C23H29N3O6S. The van der Waals surface area contributed by atoms with Crippen LogP contribution in [0.2, 0.25) is 0 Å². The molecule has 2 amide bonds. The molecule has 0 fully saturated rings. The molecule has 0 heterocycles. The lowest BCUT2D eigenvalue weighted by Crippen LogP contribution is -2.32. The minimum absolute atomic E-state index is 0.0813. The maximum atomic E-state index is 12.5. The quantitative estimate of drug-likeness (QED) is 0.481. The molecule has 2 aromatic carbocycles. The number of sulfonamides is 1. The number of carbonyl (C=O) groups is 3. The molecule has 33 heavy (non-hydrogen) atoms. The lowest BCUT2D eigenvalue weighted by molar-refractivity contribution is -0.146. The molecule has 0 bridgehead atoms. The van der Waals surface area contributed by atoms with Crippen LogP contribution in [-0.2, 0) is 30.8 Å². The molecule has 2 N–H and O–H groups in total. The van der Waals surface area contributed by atoms with E-state index in [1.165, 1.54) is 28.6 Å². The summed E-state index contributed by atoms with van der Waals surface area (Å²) in [4.78, 5) is 36.2. The van der Waals surface area contributed by atoms with Crippen LogP contribution in [0.15, 0.2) is 53.4 Å². The molecule has 0 saturated carbocycles. The zero-order valence-electron chi connectivity index (χ0n) is 19.0. The van der Waals surface area contributed by atoms with Gasteiger partial charge in [-0.25, -0.2) is 8.42 Å². The van der Waals surface area contributed by atoms with Gasteiger partial charge in [0.1, 0.15) is 6.54 Å². The Morgan fingerprint density at radius 2 is 1.58 bits per heavy atom. The van der Waals surface area contributed by atoms with Gasteiger partial charge in [0.15, 0.2) is 6.61 Å². The minimum Gasteiger partial charge on any atom is -0.454 e. The van der Waals surface area contributed by atoms with Crippen LogP contribution in [0.3, 0.4) is 0 Å². The van der Waals surface area contributed by atoms with Crippen molar-refractivity contribution >= 4 is 33.5 Å². The number of benzene rings is 2. The van der Waals surface area contributed by atoms with Crippen molar-refractivity contribution in [3.05, 3.63) is 59.7 Å². The Bertz CT molecular complexity index is 1080. The third kappa shape index (κ3) is 7.13. The largest absolute Gasteiger partial charge is 0.454 e. The molecule has 0 unspecified atom stereocenters. The number of anilines is 1. The third-order valence-corrected chi connectivity index (χ3v) is 6.95. The van der Waals surface area contributed by atoms with E-state index in [0.29, 0.717) is 18.8 Å². The zero-order valence-corrected chi connectivity index (χ0v) is 19.8. The van der Waals surface area contributed by atoms with Gasteiger partial charge in [-0.3, -0.25) is 14.4 Å². The van der Waals surface area contributed by atoms with Gasteiger partial charge >= 0.3 is 5.97 Å². The van der Waals surface area contributed by atoms with Crippen molar-refractivity contribution in [2.45, 2.75) is 32.1 Å². The highest BCUT2D eigenvalue weighted by atomic mass is 32.2. The van der Waals surface area contributed by atoms with Crippen molar-refractivity contribution in [2.24, 2.45) is 0 Å². The second kappa shape index (κ2) is 12.1. The molecule has 2 aromatic rings. The number of nitrogens with zero attached hydrogens (tertiary/aromatic N) is 1. The minimum atomic E-state index is -3.62. The summed E-state index contributed by atoms with van der Waals surface area (Å²) < 4.78 is 31.2. The van der Waals surface area contributed by atoms with E-state index >= 15 is 0 Å². The number of para-hydroxylation sites is 1. The van der Waals surface area contributed by atoms with Gasteiger partial charge in [0, 0.05) is 24.3 Å². The van der Waals surface area contributed by atoms with Gasteiger partial charge in [-0.1, -0.05) is 39.0 Å². The second-order valence-corrected chi connectivity index (χ2v) is 8.95. The third-order valence-electron chi connectivity index (χ3n) is 4.89. The molecule has 0 atom stereocenters. The van der Waals surface area contributed by atoms with Crippen molar-refractivity contribution in [1.29, 1.82) is 0 Å². The van der Waals surface area contributed by atoms with Gasteiger partial charge in [-0.05, 0) is 42.3 Å². The first-order valence-electron chi connectivity index (χ1n) is 10.6. The normalized spacial score (nSPS) is 11.2. The van der Waals surface area contributed by atoms with Gasteiger partial charge in [0.2, 0.25) is 10.0 Å². The van der Waals surface area contributed by atoms with Crippen LogP contribution in [0.4, 0.5) is 5.69 Å². The zero-order chi connectivity index (χ0) is 24.4. The van der Waals surface area contributed by atoms with Gasteiger partial charge in [-0.15, -0.1) is 0 Å². The Morgan fingerprint density at radius 1 is 0.939 bits per heavy atom. The molecule has 9 nitrogen and oxygen atoms in total. The predicted molar refractivity (Wildman–Crippen MR) is 124 cm³/mol. The average molecular weight is 476 g/mol. The molecule has 0 aliphatic carbocycles. The molecule has 0 aliphatic rings. The maximum absolute atomic E-state index is 12.5. The lowest BCUT2D eigenvalue weighted by atomic mass is 10.1. The van der Waals surface area contributed by atoms with Crippen molar-refractivity contribution in [1.82, 2.24) is 9.62 Å². The number of aryl methyl sites for hydroxylation is 1. The molecular weight excluding hydrogens is 446 g/mol. The van der Waals surface area contributed by atoms with E-state index in [1.807, 2.05) is 19.1 Å². The van der Waals surface area contributed by atoms with E-state index in [2.05, 4.69) is 10.6 Å². The molecule has 0 aromatic heterocycles. The van der Waals surface area contributed by atoms with Crippen molar-refractivity contribution < 1.29 is 27.5 Å².